The van der Waals surface area contributed by atoms with Crippen molar-refractivity contribution in [3.05, 3.63) is 52.2 Å². The average Bonchev–Trinajstić information content (AvgIpc) is 3.26. The first-order valence-corrected chi connectivity index (χ1v) is 12.8. The van der Waals surface area contributed by atoms with Crippen molar-refractivity contribution in [2.45, 2.75) is 84.3 Å². The molecule has 1 aromatic carbocycles. The van der Waals surface area contributed by atoms with Crippen LogP contribution in [0.3, 0.4) is 0 Å². The van der Waals surface area contributed by atoms with Gasteiger partial charge in [0.05, 0.1) is 30.4 Å². The Bertz CT molecular complexity index is 1260. The summed E-state index contributed by atoms with van der Waals surface area (Å²) in [5, 5.41) is 3.07. The molecule has 8 nitrogen and oxygen atoms in total. The van der Waals surface area contributed by atoms with Gasteiger partial charge in [0.2, 0.25) is 0 Å². The highest BCUT2D eigenvalue weighted by atomic mass is 19.3. The molecule has 2 amide bonds. The summed E-state index contributed by atoms with van der Waals surface area (Å²) in [5.74, 6) is -0.976. The first kappa shape index (κ1) is 28.6. The lowest BCUT2D eigenvalue weighted by molar-refractivity contribution is -0.148. The van der Waals surface area contributed by atoms with E-state index in [-0.39, 0.29) is 44.6 Å². The zero-order chi connectivity index (χ0) is 28.7. The van der Waals surface area contributed by atoms with Gasteiger partial charge in [-0.1, -0.05) is 18.2 Å². The second kappa shape index (κ2) is 10.6. The molecule has 1 N–H and O–H groups in total. The molecule has 0 bridgehead atoms. The lowest BCUT2D eigenvalue weighted by atomic mass is 9.92. The number of aromatic nitrogens is 2. The number of carbonyl (C=O) groups excluding carboxylic acids is 2. The number of fused-ring (bicyclic) bond motifs is 1. The Kier molecular flexibility index (Phi) is 7.77. The fourth-order valence-corrected chi connectivity index (χ4v) is 4.86. The van der Waals surface area contributed by atoms with Crippen molar-refractivity contribution in [3.8, 4) is 0 Å². The van der Waals surface area contributed by atoms with Crippen LogP contribution in [0, 0.1) is 12.7 Å². The number of likely N-dealkylation sites (tertiary alicyclic amines) is 1. The summed E-state index contributed by atoms with van der Waals surface area (Å²) in [4.78, 5) is 37.2. The third-order valence-corrected chi connectivity index (χ3v) is 6.89. The number of halogens is 4. The molecule has 1 saturated heterocycles. The number of hydrogen-bond donors (Lipinski definition) is 1. The molecule has 212 valence electrons. The van der Waals surface area contributed by atoms with Crippen molar-refractivity contribution >= 4 is 17.8 Å². The van der Waals surface area contributed by atoms with Crippen LogP contribution in [0.1, 0.15) is 81.2 Å². The lowest BCUT2D eigenvalue weighted by Gasteiger charge is -2.37. The largest absolute Gasteiger partial charge is 0.444 e. The van der Waals surface area contributed by atoms with E-state index in [2.05, 4.69) is 15.3 Å². The van der Waals surface area contributed by atoms with E-state index in [0.29, 0.717) is 22.9 Å². The number of nitrogens with one attached hydrogen (secondary N) is 1. The highest BCUT2D eigenvalue weighted by Gasteiger charge is 2.47. The predicted octanol–water partition coefficient (Wildman–Crippen LogP) is 5.62. The molecule has 39 heavy (non-hydrogen) atoms. The molecular weight excluding hydrogens is 518 g/mol. The fourth-order valence-electron chi connectivity index (χ4n) is 4.86. The molecule has 4 rings (SSSR count). The van der Waals surface area contributed by atoms with Gasteiger partial charge in [0.25, 0.3) is 12.3 Å². The molecule has 2 aliphatic heterocycles. The minimum absolute atomic E-state index is 0.0322. The van der Waals surface area contributed by atoms with Crippen LogP contribution in [0.2, 0.25) is 0 Å². The highest BCUT2D eigenvalue weighted by Crippen LogP contribution is 2.36. The molecule has 0 radical (unpaired) electrons. The van der Waals surface area contributed by atoms with Crippen molar-refractivity contribution in [3.63, 3.8) is 0 Å². The summed E-state index contributed by atoms with van der Waals surface area (Å²) in [6.45, 7) is 8.69. The predicted molar refractivity (Wildman–Crippen MR) is 135 cm³/mol. The molecule has 0 saturated carbocycles. The van der Waals surface area contributed by atoms with E-state index in [1.54, 1.807) is 34.6 Å². The second-order valence-electron chi connectivity index (χ2n) is 11.1. The number of anilines is 1. The number of ether oxygens (including phenoxy) is 1. The molecule has 0 unspecified atom stereocenters. The Morgan fingerprint density at radius 2 is 1.72 bits per heavy atom. The van der Waals surface area contributed by atoms with Gasteiger partial charge in [0.15, 0.2) is 5.67 Å². The summed E-state index contributed by atoms with van der Waals surface area (Å²) in [6, 6.07) is 3.09. The number of amides is 2. The van der Waals surface area contributed by atoms with Crippen molar-refractivity contribution in [1.29, 1.82) is 0 Å². The molecule has 1 fully saturated rings. The number of hydrogen-bond acceptors (Lipinski definition) is 6. The normalized spacial score (nSPS) is 17.7. The Labute approximate surface area is 224 Å². The molecule has 3 heterocycles. The monoisotopic (exact) mass is 551 g/mol. The minimum Gasteiger partial charge on any atom is -0.444 e. The van der Waals surface area contributed by atoms with Gasteiger partial charge in [-0.15, -0.1) is 0 Å². The number of rotatable bonds is 5. The maximum atomic E-state index is 15.8. The zero-order valence-electron chi connectivity index (χ0n) is 22.7. The Hall–Kier alpha value is -3.44. The Morgan fingerprint density at radius 3 is 2.33 bits per heavy atom. The van der Waals surface area contributed by atoms with Crippen LogP contribution >= 0.6 is 0 Å². The summed E-state index contributed by atoms with van der Waals surface area (Å²) in [7, 11) is 0. The van der Waals surface area contributed by atoms with Crippen molar-refractivity contribution < 1.29 is 31.9 Å². The van der Waals surface area contributed by atoms with E-state index in [0.717, 1.165) is 6.07 Å². The third-order valence-electron chi connectivity index (χ3n) is 6.89. The van der Waals surface area contributed by atoms with Crippen LogP contribution in [0.4, 0.5) is 28.2 Å². The van der Waals surface area contributed by atoms with Gasteiger partial charge in [0.1, 0.15) is 23.1 Å². The highest BCUT2D eigenvalue weighted by molar-refractivity contribution is 5.86. The lowest BCUT2D eigenvalue weighted by Crippen LogP contribution is -2.53. The number of carbonyl (C=O) groups is 2. The summed E-state index contributed by atoms with van der Waals surface area (Å²) >= 11 is 0. The van der Waals surface area contributed by atoms with Gasteiger partial charge in [-0.2, -0.15) is 0 Å². The third kappa shape index (κ3) is 6.09. The molecule has 1 aromatic heterocycles. The molecule has 12 heteroatoms. The number of piperidine rings is 1. The van der Waals surface area contributed by atoms with Crippen LogP contribution in [-0.4, -0.2) is 56.1 Å². The molecule has 1 atom stereocenters. The zero-order valence-corrected chi connectivity index (χ0v) is 22.7. The van der Waals surface area contributed by atoms with E-state index in [4.69, 9.17) is 4.74 Å². The van der Waals surface area contributed by atoms with Gasteiger partial charge >= 0.3 is 6.09 Å². The summed E-state index contributed by atoms with van der Waals surface area (Å²) in [5.41, 5.74) is -2.39. The van der Waals surface area contributed by atoms with Crippen molar-refractivity contribution in [1.82, 2.24) is 19.8 Å². The Balaban J connectivity index is 1.47. The maximum Gasteiger partial charge on any atom is 0.410 e. The molecule has 0 spiro atoms. The first-order valence-electron chi connectivity index (χ1n) is 12.8. The van der Waals surface area contributed by atoms with E-state index in [9.17, 15) is 22.8 Å². The molecular formula is C27H33F4N5O3. The first-order chi connectivity index (χ1) is 18.2. The number of nitrogens with zero attached hydrogens (tertiary/aromatic N) is 4. The standard InChI is InChI=1S/C27H33F4N5O3/c1-15(17-7-6-8-18(21(17)28)22(29)30)32-23-19-13-36(14-20(19)33-16(2)34-23)24(37)27(31)9-11-35(12-10-27)25(38)39-26(3,4)5/h6-8,15,22H,9-14H2,1-5H3,(H,32,33,34)/t15-/m1/s1. The average molecular weight is 552 g/mol. The summed E-state index contributed by atoms with van der Waals surface area (Å²) < 4.78 is 62.3. The van der Waals surface area contributed by atoms with Gasteiger partial charge < -0.3 is 19.9 Å². The van der Waals surface area contributed by atoms with Gasteiger partial charge in [-0.25, -0.2) is 32.3 Å². The quantitative estimate of drug-likeness (QED) is 0.486. The number of alkyl halides is 3. The van der Waals surface area contributed by atoms with Crippen LogP contribution in [-0.2, 0) is 22.6 Å². The number of benzene rings is 1. The molecule has 2 aromatic rings. The Morgan fingerprint density at radius 1 is 1.08 bits per heavy atom. The van der Waals surface area contributed by atoms with Crippen LogP contribution in [0.15, 0.2) is 18.2 Å². The van der Waals surface area contributed by atoms with Crippen molar-refractivity contribution in [2.24, 2.45) is 0 Å². The fraction of sp³-hybridized carbons (Fsp3) is 0.556. The van der Waals surface area contributed by atoms with Gasteiger partial charge in [-0.05, 0) is 34.6 Å². The molecule has 0 aliphatic carbocycles. The van der Waals surface area contributed by atoms with Crippen LogP contribution in [0.5, 0.6) is 0 Å². The summed E-state index contributed by atoms with van der Waals surface area (Å²) in [6.07, 6.45) is -3.82. The van der Waals surface area contributed by atoms with Crippen LogP contribution < -0.4 is 5.32 Å². The smallest absolute Gasteiger partial charge is 0.410 e. The van der Waals surface area contributed by atoms with Crippen LogP contribution in [0.25, 0.3) is 0 Å². The van der Waals surface area contributed by atoms with Crippen molar-refractivity contribution in [2.75, 3.05) is 18.4 Å². The maximum absolute atomic E-state index is 15.8. The topological polar surface area (TPSA) is 87.7 Å². The van der Waals surface area contributed by atoms with E-state index in [1.807, 2.05) is 0 Å². The minimum atomic E-state index is -2.95. The number of aryl methyl sites for hydroxylation is 1. The SMILES string of the molecule is Cc1nc2c(c(N[C@H](C)c3cccc(C(F)F)c3F)n1)CN(C(=O)C1(F)CCN(C(=O)OC(C)(C)C)CC1)C2. The van der Waals surface area contributed by atoms with E-state index >= 15 is 4.39 Å². The van der Waals surface area contributed by atoms with E-state index in [1.165, 1.54) is 21.9 Å². The van der Waals surface area contributed by atoms with Gasteiger partial charge in [0, 0.05) is 37.1 Å². The van der Waals surface area contributed by atoms with E-state index < -0.39 is 47.1 Å². The second-order valence-corrected chi connectivity index (χ2v) is 11.1. The molecule has 2 aliphatic rings. The van der Waals surface area contributed by atoms with Gasteiger partial charge in [-0.3, -0.25) is 4.79 Å².